The van der Waals surface area contributed by atoms with Gasteiger partial charge in [0.1, 0.15) is 17.2 Å². The fraction of sp³-hybridized carbons (Fsp3) is 0.0476. The van der Waals surface area contributed by atoms with E-state index in [9.17, 15) is 27.9 Å². The van der Waals surface area contributed by atoms with Crippen LogP contribution in [0.3, 0.4) is 0 Å². The molecule has 0 bridgehead atoms. The number of hydrogen-bond donors (Lipinski definition) is 2. The molecule has 1 heterocycles. The molecule has 0 fully saturated rings. The number of furan rings is 1. The van der Waals surface area contributed by atoms with Gasteiger partial charge in [-0.2, -0.15) is 13.2 Å². The van der Waals surface area contributed by atoms with Crippen molar-refractivity contribution in [3.8, 4) is 11.3 Å². The predicted molar refractivity (Wildman–Crippen MR) is 104 cm³/mol. The van der Waals surface area contributed by atoms with Gasteiger partial charge in [-0.3, -0.25) is 4.79 Å². The number of aliphatic carboxylic acids is 1. The van der Waals surface area contributed by atoms with E-state index in [1.165, 1.54) is 24.3 Å². The van der Waals surface area contributed by atoms with Crippen molar-refractivity contribution in [3.05, 3.63) is 88.3 Å². The highest BCUT2D eigenvalue weighted by molar-refractivity contribution is 6.33. The third kappa shape index (κ3) is 4.90. The lowest BCUT2D eigenvalue weighted by molar-refractivity contribution is -0.137. The summed E-state index contributed by atoms with van der Waals surface area (Å²) < 4.78 is 44.3. The summed E-state index contributed by atoms with van der Waals surface area (Å²) in [4.78, 5) is 23.7. The third-order valence-electron chi connectivity index (χ3n) is 3.99. The van der Waals surface area contributed by atoms with E-state index >= 15 is 0 Å². The number of halogens is 4. The van der Waals surface area contributed by atoms with Crippen LogP contribution in [0.4, 0.5) is 13.2 Å². The molecule has 0 saturated carbocycles. The lowest BCUT2D eigenvalue weighted by Crippen LogP contribution is -2.27. The van der Waals surface area contributed by atoms with E-state index in [1.54, 1.807) is 18.2 Å². The molecule has 3 aromatic rings. The van der Waals surface area contributed by atoms with Crippen LogP contribution in [-0.2, 0) is 11.0 Å². The Morgan fingerprint density at radius 1 is 1.03 bits per heavy atom. The normalized spacial score (nSPS) is 11.9. The molecule has 0 radical (unpaired) electrons. The number of amides is 1. The number of nitrogens with one attached hydrogen (secondary N) is 1. The summed E-state index contributed by atoms with van der Waals surface area (Å²) in [5.74, 6) is -2.05. The largest absolute Gasteiger partial charge is 0.477 e. The molecule has 3 rings (SSSR count). The maximum atomic E-state index is 13.0. The van der Waals surface area contributed by atoms with Crippen LogP contribution in [0.25, 0.3) is 17.4 Å². The molecule has 1 amide bonds. The first-order valence-corrected chi connectivity index (χ1v) is 8.81. The first-order valence-electron chi connectivity index (χ1n) is 8.43. The molecule has 0 saturated heterocycles. The number of benzene rings is 2. The van der Waals surface area contributed by atoms with Crippen LogP contribution in [0.15, 0.2) is 70.8 Å². The predicted octanol–water partition coefficient (Wildman–Crippen LogP) is 5.47. The monoisotopic (exact) mass is 435 g/mol. The Balaban J connectivity index is 1.90. The van der Waals surface area contributed by atoms with Crippen LogP contribution in [0.2, 0.25) is 5.02 Å². The molecule has 0 aliphatic rings. The molecule has 0 aliphatic heterocycles. The average Bonchev–Trinajstić information content (AvgIpc) is 3.15. The minimum absolute atomic E-state index is 0.00339. The molecule has 154 valence electrons. The van der Waals surface area contributed by atoms with Gasteiger partial charge in [-0.1, -0.05) is 29.8 Å². The van der Waals surface area contributed by atoms with Gasteiger partial charge in [0.05, 0.1) is 10.6 Å². The van der Waals surface area contributed by atoms with Gasteiger partial charge >= 0.3 is 12.1 Å². The molecule has 0 aliphatic carbocycles. The number of carboxylic acid groups (broad SMARTS) is 1. The molecular weight excluding hydrogens is 423 g/mol. The average molecular weight is 436 g/mol. The molecule has 9 heteroatoms. The van der Waals surface area contributed by atoms with Crippen LogP contribution >= 0.6 is 11.6 Å². The zero-order valence-corrected chi connectivity index (χ0v) is 15.8. The van der Waals surface area contributed by atoms with Crippen LogP contribution in [0, 0.1) is 0 Å². The van der Waals surface area contributed by atoms with Gasteiger partial charge < -0.3 is 14.8 Å². The first-order chi connectivity index (χ1) is 14.1. The Bertz CT molecular complexity index is 1120. The topological polar surface area (TPSA) is 79.5 Å². The number of hydrogen-bond acceptors (Lipinski definition) is 3. The number of rotatable bonds is 5. The molecule has 2 aromatic carbocycles. The Morgan fingerprint density at radius 3 is 2.37 bits per heavy atom. The highest BCUT2D eigenvalue weighted by atomic mass is 35.5. The molecule has 1 aromatic heterocycles. The Hall–Kier alpha value is -3.52. The summed E-state index contributed by atoms with van der Waals surface area (Å²) in [5, 5.41) is 11.6. The summed E-state index contributed by atoms with van der Waals surface area (Å²) >= 11 is 5.99. The number of carbonyl (C=O) groups is 2. The third-order valence-corrected chi connectivity index (χ3v) is 4.32. The summed E-state index contributed by atoms with van der Waals surface area (Å²) in [7, 11) is 0. The standard InChI is InChI=1S/C21H13ClF3NO4/c22-16-8-6-13(21(23,24)25)10-15(16)18-9-7-14(30-18)11-17(20(28)29)26-19(27)12-4-2-1-3-5-12/h1-11H,(H,26,27)(H,28,29). The molecular formula is C21H13ClF3NO4. The van der Waals surface area contributed by atoms with Crippen molar-refractivity contribution >= 4 is 29.6 Å². The van der Waals surface area contributed by atoms with Crippen molar-refractivity contribution in [2.24, 2.45) is 0 Å². The van der Waals surface area contributed by atoms with E-state index in [2.05, 4.69) is 5.32 Å². The molecule has 2 N–H and O–H groups in total. The van der Waals surface area contributed by atoms with Crippen molar-refractivity contribution in [1.29, 1.82) is 0 Å². The lowest BCUT2D eigenvalue weighted by atomic mass is 10.1. The first kappa shape index (κ1) is 21.2. The second-order valence-electron chi connectivity index (χ2n) is 6.08. The fourth-order valence-electron chi connectivity index (χ4n) is 2.54. The highest BCUT2D eigenvalue weighted by Crippen LogP contribution is 2.36. The van der Waals surface area contributed by atoms with Crippen molar-refractivity contribution in [2.75, 3.05) is 0 Å². The van der Waals surface area contributed by atoms with Crippen LogP contribution < -0.4 is 5.32 Å². The smallest absolute Gasteiger partial charge is 0.416 e. The Labute approximate surface area is 173 Å². The maximum Gasteiger partial charge on any atom is 0.416 e. The quantitative estimate of drug-likeness (QED) is 0.520. The molecule has 0 spiro atoms. The van der Waals surface area contributed by atoms with Gasteiger partial charge in [0.2, 0.25) is 0 Å². The van der Waals surface area contributed by atoms with Crippen LogP contribution in [0.5, 0.6) is 0 Å². The van der Waals surface area contributed by atoms with Gasteiger partial charge in [-0.15, -0.1) is 0 Å². The second-order valence-corrected chi connectivity index (χ2v) is 6.48. The Kier molecular flexibility index (Phi) is 5.98. The van der Waals surface area contributed by atoms with Crippen molar-refractivity contribution in [3.63, 3.8) is 0 Å². The van der Waals surface area contributed by atoms with E-state index in [-0.39, 0.29) is 27.7 Å². The summed E-state index contributed by atoms with van der Waals surface area (Å²) in [6.45, 7) is 0. The van der Waals surface area contributed by atoms with E-state index in [0.29, 0.717) is 0 Å². The maximum absolute atomic E-state index is 13.0. The van der Waals surface area contributed by atoms with E-state index in [1.807, 2.05) is 0 Å². The van der Waals surface area contributed by atoms with Gasteiger partial charge in [0.25, 0.3) is 5.91 Å². The van der Waals surface area contributed by atoms with Crippen molar-refractivity contribution in [1.82, 2.24) is 5.32 Å². The molecule has 5 nitrogen and oxygen atoms in total. The second kappa shape index (κ2) is 8.46. The van der Waals surface area contributed by atoms with Gasteiger partial charge in [-0.05, 0) is 42.5 Å². The van der Waals surface area contributed by atoms with Crippen molar-refractivity contribution < 1.29 is 32.3 Å². The number of carbonyl (C=O) groups excluding carboxylic acids is 1. The van der Waals surface area contributed by atoms with Crippen molar-refractivity contribution in [2.45, 2.75) is 6.18 Å². The van der Waals surface area contributed by atoms with Crippen LogP contribution in [-0.4, -0.2) is 17.0 Å². The summed E-state index contributed by atoms with van der Waals surface area (Å²) in [6.07, 6.45) is -3.51. The van der Waals surface area contributed by atoms with Gasteiger partial charge in [0, 0.05) is 17.2 Å². The van der Waals surface area contributed by atoms with E-state index in [4.69, 9.17) is 16.0 Å². The van der Waals surface area contributed by atoms with E-state index in [0.717, 1.165) is 24.3 Å². The Morgan fingerprint density at radius 2 is 1.73 bits per heavy atom. The molecule has 30 heavy (non-hydrogen) atoms. The zero-order chi connectivity index (χ0) is 21.9. The highest BCUT2D eigenvalue weighted by Gasteiger charge is 2.31. The van der Waals surface area contributed by atoms with Gasteiger partial charge in [-0.25, -0.2) is 4.79 Å². The molecule has 0 unspecified atom stereocenters. The van der Waals surface area contributed by atoms with Crippen LogP contribution in [0.1, 0.15) is 21.7 Å². The summed E-state index contributed by atoms with van der Waals surface area (Å²) in [6, 6.07) is 13.4. The zero-order valence-electron chi connectivity index (χ0n) is 15.0. The minimum Gasteiger partial charge on any atom is -0.477 e. The SMILES string of the molecule is O=C(O)C(=Cc1ccc(-c2cc(C(F)(F)F)ccc2Cl)o1)NC(=O)c1ccccc1. The lowest BCUT2D eigenvalue weighted by Gasteiger charge is -2.09. The number of alkyl halides is 3. The van der Waals surface area contributed by atoms with E-state index < -0.39 is 29.3 Å². The fourth-order valence-corrected chi connectivity index (χ4v) is 2.75. The van der Waals surface area contributed by atoms with Gasteiger partial charge in [0.15, 0.2) is 0 Å². The summed E-state index contributed by atoms with van der Waals surface area (Å²) in [5.41, 5.74) is -1.13. The number of carboxylic acids is 1. The molecule has 0 atom stereocenters. The minimum atomic E-state index is -4.56.